The van der Waals surface area contributed by atoms with E-state index in [-0.39, 0.29) is 11.0 Å². The van der Waals surface area contributed by atoms with Crippen molar-refractivity contribution in [2.24, 2.45) is 5.92 Å². The van der Waals surface area contributed by atoms with E-state index >= 15 is 0 Å². The van der Waals surface area contributed by atoms with Crippen LogP contribution in [0.1, 0.15) is 38.1 Å². The number of carbonyl (C=O) groups excluding carboxylic acids is 1. The zero-order valence-corrected chi connectivity index (χ0v) is 17.4. The second-order valence-corrected chi connectivity index (χ2v) is 7.87. The molecule has 1 aromatic heterocycles. The number of amides is 1. The molecule has 0 bridgehead atoms. The lowest BCUT2D eigenvalue weighted by molar-refractivity contribution is -0.119. The van der Waals surface area contributed by atoms with Crippen molar-refractivity contribution in [3.8, 4) is 0 Å². The number of nitrogens with zero attached hydrogens (tertiary/aromatic N) is 1. The molecule has 3 rings (SSSR count). The maximum Gasteiger partial charge on any atom is 0.226 e. The molecule has 0 unspecified atom stereocenters. The molecule has 0 saturated heterocycles. The summed E-state index contributed by atoms with van der Waals surface area (Å²) in [5.41, 5.74) is 3.23. The van der Waals surface area contributed by atoms with Crippen LogP contribution in [-0.2, 0) is 11.2 Å². The average molecular weight is 416 g/mol. The third-order valence-corrected chi connectivity index (χ3v) is 4.62. The first-order valence-corrected chi connectivity index (χ1v) is 9.92. The minimum atomic E-state index is -0.0843. The van der Waals surface area contributed by atoms with Crippen molar-refractivity contribution in [2.45, 2.75) is 33.1 Å². The van der Waals surface area contributed by atoms with E-state index in [2.05, 4.69) is 29.5 Å². The van der Waals surface area contributed by atoms with E-state index in [1.165, 1.54) is 0 Å². The number of carbonyl (C=O) groups is 1. The first kappa shape index (κ1) is 20.3. The van der Waals surface area contributed by atoms with Gasteiger partial charge in [0.05, 0.1) is 0 Å². The van der Waals surface area contributed by atoms with Gasteiger partial charge in [-0.1, -0.05) is 37.6 Å². The van der Waals surface area contributed by atoms with Crippen LogP contribution in [0.25, 0.3) is 11.1 Å². The molecular weight excluding hydrogens is 394 g/mol. The molecular formula is C21H22ClN3O2S. The standard InChI is InChI=1S/C21H22ClN3O2S/c1-13(2)3-10-19(26)25-21(28)23-16-8-9-18-17(12-16)24-20(27-18)11-14-4-6-15(22)7-5-14/h4-9,12-13H,3,10-11H2,1-2H3,(H2,23,25,26,28). The molecule has 1 heterocycles. The van der Waals surface area contributed by atoms with Gasteiger partial charge in [0.2, 0.25) is 5.91 Å². The summed E-state index contributed by atoms with van der Waals surface area (Å²) in [4.78, 5) is 16.4. The van der Waals surface area contributed by atoms with Gasteiger partial charge in [0.15, 0.2) is 16.6 Å². The quantitative estimate of drug-likeness (QED) is 0.533. The molecule has 0 fully saturated rings. The van der Waals surface area contributed by atoms with Gasteiger partial charge < -0.3 is 15.1 Å². The molecule has 146 valence electrons. The van der Waals surface area contributed by atoms with Crippen LogP contribution < -0.4 is 10.6 Å². The number of aromatic nitrogens is 1. The van der Waals surface area contributed by atoms with Gasteiger partial charge >= 0.3 is 0 Å². The lowest BCUT2D eigenvalue weighted by Crippen LogP contribution is -2.34. The largest absolute Gasteiger partial charge is 0.440 e. The van der Waals surface area contributed by atoms with Gasteiger partial charge in [-0.2, -0.15) is 0 Å². The number of oxazole rings is 1. The molecule has 7 heteroatoms. The SMILES string of the molecule is CC(C)CCC(=O)NC(=S)Nc1ccc2oc(Cc3ccc(Cl)cc3)nc2c1. The first-order valence-electron chi connectivity index (χ1n) is 9.14. The van der Waals surface area contributed by atoms with Crippen molar-refractivity contribution >= 4 is 51.6 Å². The van der Waals surface area contributed by atoms with Crippen LogP contribution in [0.15, 0.2) is 46.9 Å². The summed E-state index contributed by atoms with van der Waals surface area (Å²) in [5.74, 6) is 1.02. The van der Waals surface area contributed by atoms with Crippen LogP contribution in [0.4, 0.5) is 5.69 Å². The number of benzene rings is 2. The minimum absolute atomic E-state index is 0.0843. The second-order valence-electron chi connectivity index (χ2n) is 7.03. The van der Waals surface area contributed by atoms with Gasteiger partial charge in [-0.25, -0.2) is 4.98 Å². The van der Waals surface area contributed by atoms with E-state index in [4.69, 9.17) is 28.2 Å². The summed E-state index contributed by atoms with van der Waals surface area (Å²) in [7, 11) is 0. The Labute approximate surface area is 174 Å². The topological polar surface area (TPSA) is 67.2 Å². The van der Waals surface area contributed by atoms with Crippen molar-refractivity contribution in [1.82, 2.24) is 10.3 Å². The Morgan fingerprint density at radius 3 is 2.68 bits per heavy atom. The Bertz CT molecular complexity index is 983. The van der Waals surface area contributed by atoms with Crippen LogP contribution in [0.5, 0.6) is 0 Å². The number of hydrogen-bond acceptors (Lipinski definition) is 4. The molecule has 0 radical (unpaired) electrons. The average Bonchev–Trinajstić information content (AvgIpc) is 3.03. The summed E-state index contributed by atoms with van der Waals surface area (Å²) < 4.78 is 5.81. The second kappa shape index (κ2) is 9.17. The van der Waals surface area contributed by atoms with E-state index in [1.54, 1.807) is 0 Å². The summed E-state index contributed by atoms with van der Waals surface area (Å²) in [6, 6.07) is 13.1. The van der Waals surface area contributed by atoms with Crippen molar-refractivity contribution < 1.29 is 9.21 Å². The lowest BCUT2D eigenvalue weighted by atomic mass is 10.1. The van der Waals surface area contributed by atoms with Crippen LogP contribution >= 0.6 is 23.8 Å². The number of thiocarbonyl (C=S) groups is 1. The Morgan fingerprint density at radius 2 is 1.96 bits per heavy atom. The maximum absolute atomic E-state index is 11.9. The Morgan fingerprint density at radius 1 is 1.21 bits per heavy atom. The highest BCUT2D eigenvalue weighted by Crippen LogP contribution is 2.22. The number of nitrogens with one attached hydrogen (secondary N) is 2. The van der Waals surface area contributed by atoms with Crippen LogP contribution in [0, 0.1) is 5.92 Å². The van der Waals surface area contributed by atoms with E-state index in [0.717, 1.165) is 23.2 Å². The fourth-order valence-corrected chi connectivity index (χ4v) is 3.03. The number of fused-ring (bicyclic) bond motifs is 1. The predicted octanol–water partition coefficient (Wildman–Crippen LogP) is 5.32. The summed E-state index contributed by atoms with van der Waals surface area (Å²) in [5, 5.41) is 6.70. The van der Waals surface area contributed by atoms with Gasteiger partial charge in [-0.15, -0.1) is 0 Å². The van der Waals surface area contributed by atoms with Crippen molar-refractivity contribution in [3.63, 3.8) is 0 Å². The fraction of sp³-hybridized carbons (Fsp3) is 0.286. The zero-order chi connectivity index (χ0) is 20.1. The van der Waals surface area contributed by atoms with E-state index in [0.29, 0.717) is 35.3 Å². The Balaban J connectivity index is 1.63. The maximum atomic E-state index is 11.9. The fourth-order valence-electron chi connectivity index (χ4n) is 2.68. The van der Waals surface area contributed by atoms with Gasteiger partial charge in [0, 0.05) is 23.6 Å². The number of halogens is 1. The molecule has 5 nitrogen and oxygen atoms in total. The third kappa shape index (κ3) is 5.78. The third-order valence-electron chi connectivity index (χ3n) is 4.16. The van der Waals surface area contributed by atoms with Gasteiger partial charge in [-0.05, 0) is 60.5 Å². The summed E-state index contributed by atoms with van der Waals surface area (Å²) >= 11 is 11.1. The molecule has 0 spiro atoms. The van der Waals surface area contributed by atoms with Crippen LogP contribution in [0.2, 0.25) is 5.02 Å². The lowest BCUT2D eigenvalue weighted by Gasteiger charge is -2.10. The van der Waals surface area contributed by atoms with E-state index in [1.807, 2.05) is 42.5 Å². The Kier molecular flexibility index (Phi) is 6.65. The monoisotopic (exact) mass is 415 g/mol. The molecule has 2 N–H and O–H groups in total. The van der Waals surface area contributed by atoms with E-state index < -0.39 is 0 Å². The van der Waals surface area contributed by atoms with Crippen molar-refractivity contribution in [1.29, 1.82) is 0 Å². The highest BCUT2D eigenvalue weighted by molar-refractivity contribution is 7.80. The summed E-state index contributed by atoms with van der Waals surface area (Å²) in [6.45, 7) is 4.16. The van der Waals surface area contributed by atoms with Crippen LogP contribution in [0.3, 0.4) is 0 Å². The van der Waals surface area contributed by atoms with Gasteiger partial charge in [-0.3, -0.25) is 4.79 Å². The molecule has 0 aliphatic carbocycles. The summed E-state index contributed by atoms with van der Waals surface area (Å²) in [6.07, 6.45) is 1.87. The van der Waals surface area contributed by atoms with Gasteiger partial charge in [0.25, 0.3) is 0 Å². The minimum Gasteiger partial charge on any atom is -0.440 e. The van der Waals surface area contributed by atoms with Crippen LogP contribution in [-0.4, -0.2) is 16.0 Å². The highest BCUT2D eigenvalue weighted by Gasteiger charge is 2.10. The number of hydrogen-bond donors (Lipinski definition) is 2. The predicted molar refractivity (Wildman–Crippen MR) is 117 cm³/mol. The highest BCUT2D eigenvalue weighted by atomic mass is 35.5. The molecule has 0 atom stereocenters. The number of rotatable bonds is 6. The molecule has 2 aromatic carbocycles. The van der Waals surface area contributed by atoms with Crippen molar-refractivity contribution in [3.05, 3.63) is 58.9 Å². The molecule has 0 aliphatic heterocycles. The van der Waals surface area contributed by atoms with Crippen molar-refractivity contribution in [2.75, 3.05) is 5.32 Å². The Hall–Kier alpha value is -2.44. The number of anilines is 1. The molecule has 28 heavy (non-hydrogen) atoms. The van der Waals surface area contributed by atoms with Gasteiger partial charge in [0.1, 0.15) is 5.52 Å². The van der Waals surface area contributed by atoms with E-state index in [9.17, 15) is 4.79 Å². The molecule has 0 aliphatic rings. The normalized spacial score (nSPS) is 11.0. The first-order chi connectivity index (χ1) is 13.4. The molecule has 0 saturated carbocycles. The molecule has 1 amide bonds. The zero-order valence-electron chi connectivity index (χ0n) is 15.8. The smallest absolute Gasteiger partial charge is 0.226 e. The molecule has 3 aromatic rings.